The van der Waals surface area contributed by atoms with Crippen molar-refractivity contribution >= 4 is 28.6 Å². The van der Waals surface area contributed by atoms with Crippen molar-refractivity contribution in [3.8, 4) is 17.1 Å². The number of aromatic amines is 1. The van der Waals surface area contributed by atoms with Crippen LogP contribution in [0.2, 0.25) is 0 Å². The molecular weight excluding hydrogens is 539 g/mol. The summed E-state index contributed by atoms with van der Waals surface area (Å²) in [5.41, 5.74) is 1.73. The lowest BCUT2D eigenvalue weighted by atomic mass is 10.0. The molecule has 4 aromatic rings. The van der Waals surface area contributed by atoms with Crippen LogP contribution >= 0.6 is 0 Å². The molecule has 5 rings (SSSR count). The number of benzene rings is 2. The number of nitrogens with zero attached hydrogens (tertiary/aromatic N) is 3. The second-order valence-electron chi connectivity index (χ2n) is 10.9. The third kappa shape index (κ3) is 6.96. The van der Waals surface area contributed by atoms with Crippen LogP contribution in [0, 0.1) is 11.7 Å². The Kier molecular flexibility index (Phi) is 8.85. The Bertz CT molecular complexity index is 1580. The minimum absolute atomic E-state index is 0.146. The zero-order valence-corrected chi connectivity index (χ0v) is 23.7. The molecule has 0 saturated heterocycles. The van der Waals surface area contributed by atoms with E-state index in [-0.39, 0.29) is 30.6 Å². The number of imidazole rings is 1. The van der Waals surface area contributed by atoms with E-state index >= 15 is 0 Å². The fourth-order valence-corrected chi connectivity index (χ4v) is 5.10. The zero-order valence-electron chi connectivity index (χ0n) is 23.7. The van der Waals surface area contributed by atoms with E-state index in [4.69, 9.17) is 4.74 Å². The maximum atomic E-state index is 13.7. The van der Waals surface area contributed by atoms with Gasteiger partial charge in [-0.05, 0) is 55.2 Å². The number of hydrogen-bond acceptors (Lipinski definition) is 5. The smallest absolute Gasteiger partial charge is 0.270 e. The first-order chi connectivity index (χ1) is 20.3. The normalized spacial score (nSPS) is 17.1. The highest BCUT2D eigenvalue weighted by Gasteiger charge is 2.26. The quantitative estimate of drug-likeness (QED) is 0.344. The first-order valence-electron chi connectivity index (χ1n) is 14.2. The van der Waals surface area contributed by atoms with Crippen molar-refractivity contribution in [3.05, 3.63) is 72.4 Å². The molecular formula is C31H35FN6O4. The molecule has 1 atom stereocenters. The lowest BCUT2D eigenvalue weighted by Gasteiger charge is -2.25. The molecule has 2 aromatic carbocycles. The van der Waals surface area contributed by atoms with Crippen LogP contribution in [0.3, 0.4) is 0 Å². The number of fused-ring (bicyclic) bond motifs is 5. The minimum Gasteiger partial charge on any atom is -0.494 e. The summed E-state index contributed by atoms with van der Waals surface area (Å²) in [7, 11) is 0. The first-order valence-corrected chi connectivity index (χ1v) is 14.2. The maximum absolute atomic E-state index is 13.7. The molecule has 220 valence electrons. The van der Waals surface area contributed by atoms with Crippen molar-refractivity contribution < 1.29 is 23.5 Å². The lowest BCUT2D eigenvalue weighted by molar-refractivity contribution is -0.129. The Morgan fingerprint density at radius 2 is 2.00 bits per heavy atom. The van der Waals surface area contributed by atoms with Crippen LogP contribution in [0.5, 0.6) is 5.75 Å². The Hall–Kier alpha value is -4.67. The number of halogens is 1. The molecule has 3 N–H and O–H groups in total. The highest BCUT2D eigenvalue weighted by molar-refractivity contribution is 6.00. The van der Waals surface area contributed by atoms with E-state index in [1.807, 2.05) is 48.9 Å². The molecule has 10 nitrogen and oxygen atoms in total. The number of carbonyl (C=O) groups is 3. The van der Waals surface area contributed by atoms with Crippen LogP contribution in [0.1, 0.15) is 37.2 Å². The summed E-state index contributed by atoms with van der Waals surface area (Å²) in [5, 5.41) is 6.33. The Morgan fingerprint density at radius 1 is 1.14 bits per heavy atom. The molecule has 0 spiro atoms. The molecule has 3 heterocycles. The fraction of sp³-hybridized carbons (Fsp3) is 0.355. The van der Waals surface area contributed by atoms with Crippen molar-refractivity contribution in [1.29, 1.82) is 0 Å². The molecule has 11 heteroatoms. The molecule has 1 aliphatic rings. The van der Waals surface area contributed by atoms with Crippen molar-refractivity contribution in [3.63, 3.8) is 0 Å². The van der Waals surface area contributed by atoms with Crippen molar-refractivity contribution in [2.75, 3.05) is 26.2 Å². The molecule has 2 bridgehead atoms. The van der Waals surface area contributed by atoms with Gasteiger partial charge in [0.2, 0.25) is 11.8 Å². The summed E-state index contributed by atoms with van der Waals surface area (Å²) in [6.45, 7) is 5.06. The van der Waals surface area contributed by atoms with E-state index in [0.29, 0.717) is 49.2 Å². The molecule has 0 unspecified atom stereocenters. The van der Waals surface area contributed by atoms with E-state index in [9.17, 15) is 18.8 Å². The predicted molar refractivity (Wildman–Crippen MR) is 156 cm³/mol. The fourth-order valence-electron chi connectivity index (χ4n) is 5.10. The SMILES string of the molecule is CC(C)C[C@H]1NC(=O)CN(C(=O)c2cc3cc(F)ccc3[nH]2)CCCOc2cccc(c2)-c2nccn2CCNC1=O. The summed E-state index contributed by atoms with van der Waals surface area (Å²) in [6, 6.07) is 12.6. The van der Waals surface area contributed by atoms with E-state index in [1.54, 1.807) is 18.3 Å². The minimum atomic E-state index is -0.758. The largest absolute Gasteiger partial charge is 0.494 e. The predicted octanol–water partition coefficient (Wildman–Crippen LogP) is 3.74. The molecule has 1 aliphatic heterocycles. The summed E-state index contributed by atoms with van der Waals surface area (Å²) >= 11 is 0. The van der Waals surface area contributed by atoms with Crippen molar-refractivity contribution in [2.45, 2.75) is 39.3 Å². The average Bonchev–Trinajstić information content (AvgIpc) is 3.60. The van der Waals surface area contributed by atoms with E-state index in [2.05, 4.69) is 20.6 Å². The topological polar surface area (TPSA) is 121 Å². The molecule has 42 heavy (non-hydrogen) atoms. The van der Waals surface area contributed by atoms with Gasteiger partial charge in [0, 0.05) is 48.5 Å². The Balaban J connectivity index is 1.40. The number of nitrogens with one attached hydrogen (secondary N) is 3. The third-order valence-electron chi connectivity index (χ3n) is 7.09. The Labute approximate surface area is 243 Å². The average molecular weight is 575 g/mol. The number of aromatic nitrogens is 3. The van der Waals surface area contributed by atoms with E-state index in [0.717, 1.165) is 11.4 Å². The van der Waals surface area contributed by atoms with Gasteiger partial charge in [-0.15, -0.1) is 0 Å². The van der Waals surface area contributed by atoms with Crippen molar-refractivity contribution in [2.24, 2.45) is 5.92 Å². The van der Waals surface area contributed by atoms with Crippen LogP contribution in [0.4, 0.5) is 4.39 Å². The van der Waals surface area contributed by atoms with Gasteiger partial charge in [-0.3, -0.25) is 14.4 Å². The van der Waals surface area contributed by atoms with Gasteiger partial charge in [-0.25, -0.2) is 9.37 Å². The van der Waals surface area contributed by atoms with Gasteiger partial charge in [-0.2, -0.15) is 0 Å². The first kappa shape index (κ1) is 28.8. The number of carbonyl (C=O) groups excluding carboxylic acids is 3. The number of ether oxygens (including phenoxy) is 1. The van der Waals surface area contributed by atoms with Crippen LogP contribution in [-0.4, -0.2) is 69.4 Å². The molecule has 0 fully saturated rings. The highest BCUT2D eigenvalue weighted by atomic mass is 19.1. The number of H-pyrrole nitrogens is 1. The molecule has 3 amide bonds. The summed E-state index contributed by atoms with van der Waals surface area (Å²) < 4.78 is 21.7. The second-order valence-corrected chi connectivity index (χ2v) is 10.9. The van der Waals surface area contributed by atoms with Gasteiger partial charge in [0.15, 0.2) is 0 Å². The number of hydrogen-bond donors (Lipinski definition) is 3. The van der Waals surface area contributed by atoms with Crippen LogP contribution in [0.25, 0.3) is 22.3 Å². The summed E-state index contributed by atoms with van der Waals surface area (Å²) in [5.74, 6) is 0.00163. The summed E-state index contributed by atoms with van der Waals surface area (Å²) in [6.07, 6.45) is 4.46. The molecule has 0 saturated carbocycles. The summed E-state index contributed by atoms with van der Waals surface area (Å²) in [4.78, 5) is 48.9. The van der Waals surface area contributed by atoms with Gasteiger partial charge in [0.1, 0.15) is 29.1 Å². The van der Waals surface area contributed by atoms with Gasteiger partial charge < -0.3 is 29.8 Å². The van der Waals surface area contributed by atoms with Crippen LogP contribution in [0.15, 0.2) is 60.9 Å². The number of rotatable bonds is 3. The maximum Gasteiger partial charge on any atom is 0.270 e. The highest BCUT2D eigenvalue weighted by Crippen LogP contribution is 2.23. The molecule has 2 aromatic heterocycles. The van der Waals surface area contributed by atoms with Crippen LogP contribution < -0.4 is 15.4 Å². The van der Waals surface area contributed by atoms with Crippen LogP contribution in [-0.2, 0) is 16.1 Å². The van der Waals surface area contributed by atoms with Gasteiger partial charge in [-0.1, -0.05) is 26.0 Å². The second kappa shape index (κ2) is 12.9. The Morgan fingerprint density at radius 3 is 2.83 bits per heavy atom. The third-order valence-corrected chi connectivity index (χ3v) is 7.09. The molecule has 0 radical (unpaired) electrons. The lowest BCUT2D eigenvalue weighted by Crippen LogP contribution is -2.51. The van der Waals surface area contributed by atoms with Gasteiger partial charge >= 0.3 is 0 Å². The van der Waals surface area contributed by atoms with E-state index in [1.165, 1.54) is 17.0 Å². The molecule has 0 aliphatic carbocycles. The van der Waals surface area contributed by atoms with E-state index < -0.39 is 23.7 Å². The zero-order chi connectivity index (χ0) is 29.6. The standard InChI is InChI=1S/C31H35FN6O4/c1-20(2)15-26-30(40)34-10-13-37-12-9-33-29(37)21-5-3-6-24(17-21)42-14-4-11-38(19-28(39)36-26)31(41)27-18-22-16-23(32)7-8-25(22)35-27/h3,5-9,12,16-18,20,26,35H,4,10-11,13-15,19H2,1-2H3,(H,34,40)(H,36,39)/t26-/m1/s1. The monoisotopic (exact) mass is 574 g/mol. The van der Waals surface area contributed by atoms with Gasteiger partial charge in [0.25, 0.3) is 5.91 Å². The van der Waals surface area contributed by atoms with Crippen molar-refractivity contribution in [1.82, 2.24) is 30.1 Å². The van der Waals surface area contributed by atoms with Gasteiger partial charge in [0.05, 0.1) is 13.2 Å². The number of amides is 3.